The van der Waals surface area contributed by atoms with Gasteiger partial charge < -0.3 is 25.5 Å². The summed E-state index contributed by atoms with van der Waals surface area (Å²) in [6, 6.07) is 0. The van der Waals surface area contributed by atoms with Crippen LogP contribution in [0.4, 0.5) is 0 Å². The number of unbranched alkanes of at least 4 members (excludes halogenated alkanes) is 3. The van der Waals surface area contributed by atoms with Crippen LogP contribution in [0.15, 0.2) is 0 Å². The Balaban J connectivity index is 4.11. The molecule has 5 N–H and O–H groups in total. The van der Waals surface area contributed by atoms with Crippen LogP contribution in [0.2, 0.25) is 0 Å². The number of hydrogen-bond acceptors (Lipinski definition) is 6. The molecule has 0 aromatic rings. The van der Waals surface area contributed by atoms with Crippen LogP contribution in [0, 0.1) is 0 Å². The molecule has 6 heteroatoms. The highest BCUT2D eigenvalue weighted by molar-refractivity contribution is 5.88. The largest absolute Gasteiger partial charge is 0.394 e. The number of carbonyl (C=O) groups is 1. The van der Waals surface area contributed by atoms with Crippen molar-refractivity contribution in [3.63, 3.8) is 0 Å². The molecule has 108 valence electrons. The van der Waals surface area contributed by atoms with Gasteiger partial charge in [0.1, 0.15) is 18.3 Å². The van der Waals surface area contributed by atoms with Gasteiger partial charge >= 0.3 is 0 Å². The topological polar surface area (TPSA) is 118 Å². The fraction of sp³-hybridized carbons (Fsp3) is 0.917. The lowest BCUT2D eigenvalue weighted by molar-refractivity contribution is -0.149. The fourth-order valence-electron chi connectivity index (χ4n) is 1.59. The van der Waals surface area contributed by atoms with Crippen molar-refractivity contribution < 1.29 is 30.3 Å². The second-order valence-corrected chi connectivity index (χ2v) is 4.46. The van der Waals surface area contributed by atoms with E-state index < -0.39 is 36.8 Å². The average molecular weight is 264 g/mol. The number of aliphatic hydroxyl groups excluding tert-OH is 5. The van der Waals surface area contributed by atoms with Crippen molar-refractivity contribution in [3.05, 3.63) is 0 Å². The highest BCUT2D eigenvalue weighted by atomic mass is 16.4. The van der Waals surface area contributed by atoms with Crippen molar-refractivity contribution in [3.8, 4) is 0 Å². The lowest BCUT2D eigenvalue weighted by atomic mass is 9.98. The van der Waals surface area contributed by atoms with Crippen LogP contribution in [-0.4, -0.2) is 62.3 Å². The molecule has 0 aromatic heterocycles. The molecule has 0 bridgehead atoms. The van der Waals surface area contributed by atoms with Gasteiger partial charge in [-0.3, -0.25) is 4.79 Å². The monoisotopic (exact) mass is 264 g/mol. The molecule has 0 heterocycles. The Morgan fingerprint density at radius 1 is 0.944 bits per heavy atom. The zero-order valence-corrected chi connectivity index (χ0v) is 10.7. The van der Waals surface area contributed by atoms with Crippen LogP contribution in [0.3, 0.4) is 0 Å². The second-order valence-electron chi connectivity index (χ2n) is 4.46. The third kappa shape index (κ3) is 5.88. The Kier molecular flexibility index (Phi) is 9.13. The summed E-state index contributed by atoms with van der Waals surface area (Å²) in [5.41, 5.74) is 0. The molecule has 18 heavy (non-hydrogen) atoms. The molecule has 0 amide bonds. The molecule has 0 fully saturated rings. The highest BCUT2D eigenvalue weighted by Crippen LogP contribution is 2.11. The van der Waals surface area contributed by atoms with Crippen molar-refractivity contribution in [2.45, 2.75) is 63.4 Å². The van der Waals surface area contributed by atoms with E-state index in [1.807, 2.05) is 6.92 Å². The molecule has 6 nitrogen and oxygen atoms in total. The van der Waals surface area contributed by atoms with Crippen LogP contribution in [-0.2, 0) is 4.79 Å². The van der Waals surface area contributed by atoms with Crippen LogP contribution >= 0.6 is 0 Å². The summed E-state index contributed by atoms with van der Waals surface area (Å²) in [5, 5.41) is 46.0. The van der Waals surface area contributed by atoms with E-state index in [9.17, 15) is 20.1 Å². The maximum absolute atomic E-state index is 11.4. The van der Waals surface area contributed by atoms with Crippen molar-refractivity contribution in [2.24, 2.45) is 0 Å². The van der Waals surface area contributed by atoms with Crippen LogP contribution in [0.5, 0.6) is 0 Å². The smallest absolute Gasteiger partial charge is 0.195 e. The predicted molar refractivity (Wildman–Crippen MR) is 64.9 cm³/mol. The van der Waals surface area contributed by atoms with Crippen molar-refractivity contribution in [2.75, 3.05) is 6.61 Å². The van der Waals surface area contributed by atoms with Crippen molar-refractivity contribution >= 4 is 5.78 Å². The number of Topliss-reactive ketones (excluding diaryl/α,β-unsaturated/α-hetero) is 1. The van der Waals surface area contributed by atoms with E-state index in [-0.39, 0.29) is 6.42 Å². The van der Waals surface area contributed by atoms with Crippen LogP contribution < -0.4 is 0 Å². The van der Waals surface area contributed by atoms with Crippen LogP contribution in [0.1, 0.15) is 39.0 Å². The summed E-state index contributed by atoms with van der Waals surface area (Å²) in [7, 11) is 0. The summed E-state index contributed by atoms with van der Waals surface area (Å²) >= 11 is 0. The molecule has 0 saturated heterocycles. The molecule has 0 radical (unpaired) electrons. The summed E-state index contributed by atoms with van der Waals surface area (Å²) in [6.07, 6.45) is -2.61. The van der Waals surface area contributed by atoms with E-state index in [4.69, 9.17) is 10.2 Å². The third-order valence-electron chi connectivity index (χ3n) is 2.85. The molecule has 0 rings (SSSR count). The predicted octanol–water partition coefficient (Wildman–Crippen LogP) is -1.04. The average Bonchev–Trinajstić information content (AvgIpc) is 2.39. The quantitative estimate of drug-likeness (QED) is 0.322. The number of ketones is 1. The van der Waals surface area contributed by atoms with E-state index in [0.717, 1.165) is 19.3 Å². The zero-order chi connectivity index (χ0) is 14.1. The van der Waals surface area contributed by atoms with Crippen molar-refractivity contribution in [1.29, 1.82) is 0 Å². The van der Waals surface area contributed by atoms with E-state index in [1.165, 1.54) is 0 Å². The summed E-state index contributed by atoms with van der Waals surface area (Å²) < 4.78 is 0. The molecular formula is C12H24O6. The van der Waals surface area contributed by atoms with Crippen molar-refractivity contribution in [1.82, 2.24) is 0 Å². The van der Waals surface area contributed by atoms with Crippen LogP contribution in [0.25, 0.3) is 0 Å². The standard InChI is InChI=1S/C12H24O6/c1-2-3-4-5-6-8(14)10(16)12(18)11(17)9(15)7-13/h8-11,13-17H,2-7H2,1H3/t8?,9-,10+,11-/m1/s1. The van der Waals surface area contributed by atoms with Gasteiger partial charge in [-0.25, -0.2) is 0 Å². The van der Waals surface area contributed by atoms with Gasteiger partial charge in [-0.2, -0.15) is 0 Å². The maximum Gasteiger partial charge on any atom is 0.195 e. The molecule has 0 aromatic carbocycles. The SMILES string of the molecule is CCCCCCC(O)[C@H](O)C(=O)[C@H](O)[C@H](O)CO. The van der Waals surface area contributed by atoms with Gasteiger partial charge in [0, 0.05) is 0 Å². The Morgan fingerprint density at radius 2 is 1.50 bits per heavy atom. The first-order valence-corrected chi connectivity index (χ1v) is 6.32. The number of rotatable bonds is 10. The number of aliphatic hydroxyl groups is 5. The Hall–Kier alpha value is -0.530. The molecule has 1 unspecified atom stereocenters. The molecule has 0 aliphatic carbocycles. The Labute approximate surface area is 107 Å². The molecule has 0 spiro atoms. The summed E-state index contributed by atoms with van der Waals surface area (Å²) in [4.78, 5) is 11.4. The van der Waals surface area contributed by atoms with Gasteiger partial charge in [-0.1, -0.05) is 32.6 Å². The third-order valence-corrected chi connectivity index (χ3v) is 2.85. The minimum absolute atomic E-state index is 0.259. The molecule has 0 aliphatic rings. The first-order chi connectivity index (χ1) is 8.45. The first kappa shape index (κ1) is 17.5. The minimum atomic E-state index is -1.88. The summed E-state index contributed by atoms with van der Waals surface area (Å²) in [6.45, 7) is 1.26. The molecule has 0 aliphatic heterocycles. The second kappa shape index (κ2) is 9.41. The number of hydrogen-bond donors (Lipinski definition) is 5. The normalized spacial score (nSPS) is 18.1. The van der Waals surface area contributed by atoms with Gasteiger partial charge in [0.25, 0.3) is 0 Å². The van der Waals surface area contributed by atoms with Gasteiger partial charge in [0.15, 0.2) is 5.78 Å². The van der Waals surface area contributed by atoms with E-state index >= 15 is 0 Å². The molecule has 0 saturated carbocycles. The summed E-state index contributed by atoms with van der Waals surface area (Å²) in [5.74, 6) is -1.07. The molecule has 4 atom stereocenters. The maximum atomic E-state index is 11.4. The number of carbonyl (C=O) groups excluding carboxylic acids is 1. The minimum Gasteiger partial charge on any atom is -0.394 e. The lowest BCUT2D eigenvalue weighted by Crippen LogP contribution is -2.46. The van der Waals surface area contributed by atoms with Gasteiger partial charge in [-0.05, 0) is 6.42 Å². The van der Waals surface area contributed by atoms with Gasteiger partial charge in [0.05, 0.1) is 12.7 Å². The molecular weight excluding hydrogens is 240 g/mol. The van der Waals surface area contributed by atoms with E-state index in [2.05, 4.69) is 0 Å². The van der Waals surface area contributed by atoms with E-state index in [1.54, 1.807) is 0 Å². The zero-order valence-electron chi connectivity index (χ0n) is 10.7. The Bertz CT molecular complexity index is 233. The van der Waals surface area contributed by atoms with Gasteiger partial charge in [0.2, 0.25) is 0 Å². The Morgan fingerprint density at radius 3 is 2.00 bits per heavy atom. The highest BCUT2D eigenvalue weighted by Gasteiger charge is 2.32. The van der Waals surface area contributed by atoms with E-state index in [0.29, 0.717) is 6.42 Å². The lowest BCUT2D eigenvalue weighted by Gasteiger charge is -2.21. The van der Waals surface area contributed by atoms with Gasteiger partial charge in [-0.15, -0.1) is 0 Å². The first-order valence-electron chi connectivity index (χ1n) is 6.32. The fourth-order valence-corrected chi connectivity index (χ4v) is 1.59.